The number of rotatable bonds is 2. The standard InChI is InChI=1S/C12H17NO/c1-12(14,11-8-5-9-13-11)10-6-3-2-4-7-10/h2-4,6-7,11,13-14H,5,8-9H2,1H3/t11-,12?/m1/s1. The number of hydrogen-bond acceptors (Lipinski definition) is 2. The van der Waals surface area contributed by atoms with Crippen LogP contribution in [-0.4, -0.2) is 17.7 Å². The normalized spacial score (nSPS) is 26.0. The second-order valence-electron chi connectivity index (χ2n) is 4.16. The van der Waals surface area contributed by atoms with Gasteiger partial charge in [0.2, 0.25) is 0 Å². The molecule has 2 N–H and O–H groups in total. The van der Waals surface area contributed by atoms with Crippen molar-refractivity contribution in [1.82, 2.24) is 5.32 Å². The fourth-order valence-corrected chi connectivity index (χ4v) is 2.14. The van der Waals surface area contributed by atoms with Gasteiger partial charge >= 0.3 is 0 Å². The predicted molar refractivity (Wildman–Crippen MR) is 57.0 cm³/mol. The number of benzene rings is 1. The topological polar surface area (TPSA) is 32.3 Å². The fraction of sp³-hybridized carbons (Fsp3) is 0.500. The van der Waals surface area contributed by atoms with Gasteiger partial charge in [-0.1, -0.05) is 30.3 Å². The third-order valence-electron chi connectivity index (χ3n) is 3.10. The van der Waals surface area contributed by atoms with Gasteiger partial charge in [-0.05, 0) is 31.9 Å². The van der Waals surface area contributed by atoms with Gasteiger partial charge in [-0.3, -0.25) is 0 Å². The minimum absolute atomic E-state index is 0.199. The minimum atomic E-state index is -0.738. The Hall–Kier alpha value is -0.860. The van der Waals surface area contributed by atoms with E-state index in [-0.39, 0.29) is 6.04 Å². The Morgan fingerprint density at radius 3 is 2.64 bits per heavy atom. The van der Waals surface area contributed by atoms with Gasteiger partial charge < -0.3 is 10.4 Å². The zero-order valence-electron chi connectivity index (χ0n) is 8.53. The van der Waals surface area contributed by atoms with Crippen LogP contribution in [0, 0.1) is 0 Å². The third-order valence-corrected chi connectivity index (χ3v) is 3.10. The number of hydrogen-bond donors (Lipinski definition) is 2. The van der Waals surface area contributed by atoms with E-state index in [0.717, 1.165) is 24.9 Å². The molecule has 1 aromatic carbocycles. The van der Waals surface area contributed by atoms with Gasteiger partial charge in [-0.2, -0.15) is 0 Å². The van der Waals surface area contributed by atoms with Gasteiger partial charge in [0, 0.05) is 6.04 Å². The summed E-state index contributed by atoms with van der Waals surface area (Å²) in [6.45, 7) is 2.92. The lowest BCUT2D eigenvalue weighted by Crippen LogP contribution is -2.42. The van der Waals surface area contributed by atoms with Crippen molar-refractivity contribution < 1.29 is 5.11 Å². The first-order valence-corrected chi connectivity index (χ1v) is 5.22. The molecule has 76 valence electrons. The van der Waals surface area contributed by atoms with Crippen LogP contribution in [-0.2, 0) is 5.60 Å². The molecule has 2 rings (SSSR count). The quantitative estimate of drug-likeness (QED) is 0.745. The Bertz CT molecular complexity index is 288. The van der Waals surface area contributed by atoms with Gasteiger partial charge in [0.05, 0.1) is 0 Å². The summed E-state index contributed by atoms with van der Waals surface area (Å²) in [7, 11) is 0. The van der Waals surface area contributed by atoms with Crippen molar-refractivity contribution in [2.45, 2.75) is 31.4 Å². The van der Waals surface area contributed by atoms with E-state index >= 15 is 0 Å². The Labute approximate surface area is 85.0 Å². The molecule has 1 fully saturated rings. The largest absolute Gasteiger partial charge is 0.384 e. The summed E-state index contributed by atoms with van der Waals surface area (Å²) in [5.41, 5.74) is 0.261. The van der Waals surface area contributed by atoms with Crippen LogP contribution in [0.2, 0.25) is 0 Å². The summed E-state index contributed by atoms with van der Waals surface area (Å²) >= 11 is 0. The van der Waals surface area contributed by atoms with Crippen molar-refractivity contribution in [1.29, 1.82) is 0 Å². The highest BCUT2D eigenvalue weighted by Gasteiger charge is 2.34. The molecule has 14 heavy (non-hydrogen) atoms. The van der Waals surface area contributed by atoms with Crippen LogP contribution in [0.15, 0.2) is 30.3 Å². The van der Waals surface area contributed by atoms with E-state index in [1.165, 1.54) is 0 Å². The van der Waals surface area contributed by atoms with Crippen LogP contribution in [0.25, 0.3) is 0 Å². The first-order valence-electron chi connectivity index (χ1n) is 5.22. The maximum Gasteiger partial charge on any atom is 0.102 e. The molecule has 2 atom stereocenters. The summed E-state index contributed by atoms with van der Waals surface area (Å²) in [4.78, 5) is 0. The molecule has 1 saturated heterocycles. The van der Waals surface area contributed by atoms with Crippen molar-refractivity contribution in [2.75, 3.05) is 6.54 Å². The summed E-state index contributed by atoms with van der Waals surface area (Å²) < 4.78 is 0. The zero-order chi connectivity index (χ0) is 10.0. The molecule has 0 aromatic heterocycles. The molecule has 1 aliphatic heterocycles. The van der Waals surface area contributed by atoms with Crippen LogP contribution < -0.4 is 5.32 Å². The minimum Gasteiger partial charge on any atom is -0.384 e. The van der Waals surface area contributed by atoms with Crippen molar-refractivity contribution in [3.8, 4) is 0 Å². The van der Waals surface area contributed by atoms with Gasteiger partial charge in [0.15, 0.2) is 0 Å². The van der Waals surface area contributed by atoms with E-state index in [1.54, 1.807) is 0 Å². The lowest BCUT2D eigenvalue weighted by atomic mass is 9.87. The predicted octanol–water partition coefficient (Wildman–Crippen LogP) is 1.65. The summed E-state index contributed by atoms with van der Waals surface area (Å²) in [6.07, 6.45) is 2.22. The number of nitrogens with one attached hydrogen (secondary N) is 1. The molecule has 0 bridgehead atoms. The molecule has 1 heterocycles. The SMILES string of the molecule is CC(O)(c1ccccc1)[C@H]1CCCN1. The van der Waals surface area contributed by atoms with Crippen LogP contribution in [0.5, 0.6) is 0 Å². The average Bonchev–Trinajstić information content (AvgIpc) is 2.72. The van der Waals surface area contributed by atoms with E-state index in [0.29, 0.717) is 0 Å². The Kier molecular flexibility index (Phi) is 2.57. The Balaban J connectivity index is 2.22. The average molecular weight is 191 g/mol. The molecule has 0 saturated carbocycles. The maximum absolute atomic E-state index is 10.4. The van der Waals surface area contributed by atoms with Crippen molar-refractivity contribution >= 4 is 0 Å². The van der Waals surface area contributed by atoms with E-state index in [2.05, 4.69) is 5.32 Å². The van der Waals surface area contributed by atoms with E-state index < -0.39 is 5.60 Å². The Morgan fingerprint density at radius 2 is 2.07 bits per heavy atom. The Morgan fingerprint density at radius 1 is 1.36 bits per heavy atom. The number of aliphatic hydroxyl groups is 1. The highest BCUT2D eigenvalue weighted by Crippen LogP contribution is 2.28. The zero-order valence-corrected chi connectivity index (χ0v) is 8.53. The molecule has 1 unspecified atom stereocenters. The van der Waals surface area contributed by atoms with Gasteiger partial charge in [0.25, 0.3) is 0 Å². The van der Waals surface area contributed by atoms with Gasteiger partial charge in [0.1, 0.15) is 5.60 Å². The van der Waals surface area contributed by atoms with E-state index in [4.69, 9.17) is 0 Å². The lowest BCUT2D eigenvalue weighted by Gasteiger charge is -2.30. The molecule has 0 radical (unpaired) electrons. The molecule has 1 aromatic rings. The summed E-state index contributed by atoms with van der Waals surface area (Å²) in [6, 6.07) is 10.1. The molecule has 2 nitrogen and oxygen atoms in total. The van der Waals surface area contributed by atoms with Crippen LogP contribution >= 0.6 is 0 Å². The van der Waals surface area contributed by atoms with Crippen LogP contribution in [0.3, 0.4) is 0 Å². The second-order valence-corrected chi connectivity index (χ2v) is 4.16. The maximum atomic E-state index is 10.4. The van der Waals surface area contributed by atoms with Crippen molar-refractivity contribution in [3.63, 3.8) is 0 Å². The molecule has 1 aliphatic rings. The van der Waals surface area contributed by atoms with Crippen LogP contribution in [0.1, 0.15) is 25.3 Å². The smallest absolute Gasteiger partial charge is 0.102 e. The van der Waals surface area contributed by atoms with Gasteiger partial charge in [-0.15, -0.1) is 0 Å². The fourth-order valence-electron chi connectivity index (χ4n) is 2.14. The first-order chi connectivity index (χ1) is 6.71. The second kappa shape index (κ2) is 3.71. The molecule has 0 aliphatic carbocycles. The highest BCUT2D eigenvalue weighted by atomic mass is 16.3. The highest BCUT2D eigenvalue weighted by molar-refractivity contribution is 5.23. The molecule has 2 heteroatoms. The van der Waals surface area contributed by atoms with Crippen molar-refractivity contribution in [3.05, 3.63) is 35.9 Å². The van der Waals surface area contributed by atoms with Crippen molar-refractivity contribution in [2.24, 2.45) is 0 Å². The summed E-state index contributed by atoms with van der Waals surface area (Å²) in [5, 5.41) is 13.8. The molecule has 0 spiro atoms. The first kappa shape index (κ1) is 9.69. The van der Waals surface area contributed by atoms with Gasteiger partial charge in [-0.25, -0.2) is 0 Å². The van der Waals surface area contributed by atoms with E-state index in [1.807, 2.05) is 37.3 Å². The van der Waals surface area contributed by atoms with Crippen LogP contribution in [0.4, 0.5) is 0 Å². The summed E-state index contributed by atoms with van der Waals surface area (Å²) in [5.74, 6) is 0. The molecular formula is C12H17NO. The molecular weight excluding hydrogens is 174 g/mol. The monoisotopic (exact) mass is 191 g/mol. The third kappa shape index (κ3) is 1.68. The van der Waals surface area contributed by atoms with E-state index in [9.17, 15) is 5.11 Å². The molecule has 0 amide bonds. The lowest BCUT2D eigenvalue weighted by molar-refractivity contribution is 0.0218.